The summed E-state index contributed by atoms with van der Waals surface area (Å²) in [7, 11) is 0. The number of rotatable bonds is 2. The molecule has 3 rings (SSSR count). The molecular formula is C15H19N3O2. The summed E-state index contributed by atoms with van der Waals surface area (Å²) >= 11 is 0. The number of amides is 2. The van der Waals surface area contributed by atoms with Crippen LogP contribution in [0.4, 0.5) is 5.69 Å². The molecule has 0 unspecified atom stereocenters. The topological polar surface area (TPSA) is 89.4 Å². The molecule has 1 aliphatic heterocycles. The molecule has 2 aliphatic rings. The lowest BCUT2D eigenvalue weighted by Crippen LogP contribution is -2.42. The molecular weight excluding hydrogens is 254 g/mol. The van der Waals surface area contributed by atoms with E-state index in [1.165, 1.54) is 0 Å². The Balaban J connectivity index is 1.88. The minimum atomic E-state index is -0.456. The minimum Gasteiger partial charge on any atom is -0.366 e. The summed E-state index contributed by atoms with van der Waals surface area (Å²) in [4.78, 5) is 25.4. The summed E-state index contributed by atoms with van der Waals surface area (Å²) < 4.78 is 0. The fourth-order valence-electron chi connectivity index (χ4n) is 3.26. The number of carbonyl (C=O) groups excluding carboxylic acids is 2. The Morgan fingerprint density at radius 1 is 1.20 bits per heavy atom. The van der Waals surface area contributed by atoms with E-state index in [-0.39, 0.29) is 18.0 Å². The number of benzene rings is 1. The van der Waals surface area contributed by atoms with Crippen LogP contribution >= 0.6 is 0 Å². The third-order valence-electron chi connectivity index (χ3n) is 4.34. The standard InChI is InChI=1S/C15H19N3O2/c16-11-2-4-12(5-3-11)18-13-6-1-9(15(17)20)7-10(13)8-14(18)19/h1,6-7,11-12H,2-5,8,16H2,(H2,17,20). The maximum Gasteiger partial charge on any atom is 0.248 e. The van der Waals surface area contributed by atoms with Crippen LogP contribution in [-0.4, -0.2) is 23.9 Å². The van der Waals surface area contributed by atoms with Gasteiger partial charge in [0.15, 0.2) is 0 Å². The third kappa shape index (κ3) is 2.18. The van der Waals surface area contributed by atoms with Crippen molar-refractivity contribution in [2.24, 2.45) is 11.5 Å². The largest absolute Gasteiger partial charge is 0.366 e. The number of fused-ring (bicyclic) bond motifs is 1. The Morgan fingerprint density at radius 3 is 2.55 bits per heavy atom. The smallest absolute Gasteiger partial charge is 0.248 e. The highest BCUT2D eigenvalue weighted by atomic mass is 16.2. The van der Waals surface area contributed by atoms with Crippen molar-refractivity contribution in [2.45, 2.75) is 44.2 Å². The van der Waals surface area contributed by atoms with Gasteiger partial charge in [0, 0.05) is 23.3 Å². The zero-order valence-electron chi connectivity index (χ0n) is 11.3. The average Bonchev–Trinajstić information content (AvgIpc) is 2.74. The summed E-state index contributed by atoms with van der Waals surface area (Å²) in [5, 5.41) is 0. The predicted octanol–water partition coefficient (Wildman–Crippen LogP) is 0.945. The van der Waals surface area contributed by atoms with Crippen LogP contribution in [0.25, 0.3) is 0 Å². The van der Waals surface area contributed by atoms with Crippen LogP contribution in [0.1, 0.15) is 41.6 Å². The lowest BCUT2D eigenvalue weighted by Gasteiger charge is -2.33. The van der Waals surface area contributed by atoms with Gasteiger partial charge in [-0.3, -0.25) is 9.59 Å². The van der Waals surface area contributed by atoms with Crippen molar-refractivity contribution >= 4 is 17.5 Å². The van der Waals surface area contributed by atoms with E-state index < -0.39 is 5.91 Å². The van der Waals surface area contributed by atoms with E-state index in [0.717, 1.165) is 36.9 Å². The monoisotopic (exact) mass is 273 g/mol. The minimum absolute atomic E-state index is 0.113. The number of nitrogens with zero attached hydrogens (tertiary/aromatic N) is 1. The summed E-state index contributed by atoms with van der Waals surface area (Å²) in [5.74, 6) is -0.343. The number of primary amides is 1. The quantitative estimate of drug-likeness (QED) is 0.840. The number of nitrogens with two attached hydrogens (primary N) is 2. The fourth-order valence-corrected chi connectivity index (χ4v) is 3.26. The van der Waals surface area contributed by atoms with Gasteiger partial charge in [0.1, 0.15) is 0 Å². The number of hydrogen-bond donors (Lipinski definition) is 2. The van der Waals surface area contributed by atoms with Crippen LogP contribution in [0.15, 0.2) is 18.2 Å². The van der Waals surface area contributed by atoms with Gasteiger partial charge in [-0.05, 0) is 49.4 Å². The van der Waals surface area contributed by atoms with Crippen molar-refractivity contribution < 1.29 is 9.59 Å². The fraction of sp³-hybridized carbons (Fsp3) is 0.467. The lowest BCUT2D eigenvalue weighted by molar-refractivity contribution is -0.118. The molecule has 2 amide bonds. The molecule has 1 aromatic carbocycles. The van der Waals surface area contributed by atoms with Gasteiger partial charge in [0.2, 0.25) is 11.8 Å². The third-order valence-corrected chi connectivity index (χ3v) is 4.34. The molecule has 0 aromatic heterocycles. The number of anilines is 1. The van der Waals surface area contributed by atoms with Crippen molar-refractivity contribution in [3.05, 3.63) is 29.3 Å². The van der Waals surface area contributed by atoms with Gasteiger partial charge in [-0.15, -0.1) is 0 Å². The highest BCUT2D eigenvalue weighted by Gasteiger charge is 2.34. The van der Waals surface area contributed by atoms with Crippen LogP contribution in [-0.2, 0) is 11.2 Å². The Kier molecular flexibility index (Phi) is 3.22. The Hall–Kier alpha value is -1.88. The zero-order chi connectivity index (χ0) is 14.3. The first-order valence-corrected chi connectivity index (χ1v) is 7.06. The molecule has 1 heterocycles. The normalized spacial score (nSPS) is 25.6. The zero-order valence-corrected chi connectivity index (χ0v) is 11.3. The van der Waals surface area contributed by atoms with E-state index in [1.54, 1.807) is 12.1 Å². The first-order valence-electron chi connectivity index (χ1n) is 7.06. The van der Waals surface area contributed by atoms with Crippen molar-refractivity contribution in [1.29, 1.82) is 0 Å². The van der Waals surface area contributed by atoms with E-state index in [0.29, 0.717) is 12.0 Å². The Morgan fingerprint density at radius 2 is 1.90 bits per heavy atom. The molecule has 1 aromatic rings. The van der Waals surface area contributed by atoms with Crippen molar-refractivity contribution in [3.63, 3.8) is 0 Å². The van der Waals surface area contributed by atoms with E-state index in [2.05, 4.69) is 0 Å². The summed E-state index contributed by atoms with van der Waals surface area (Å²) in [5.41, 5.74) is 13.5. The first-order chi connectivity index (χ1) is 9.56. The second-order valence-electron chi connectivity index (χ2n) is 5.72. The van der Waals surface area contributed by atoms with Crippen LogP contribution in [0, 0.1) is 0 Å². The summed E-state index contributed by atoms with van der Waals surface area (Å²) in [6.45, 7) is 0. The molecule has 1 saturated carbocycles. The van der Waals surface area contributed by atoms with Gasteiger partial charge in [0.05, 0.1) is 6.42 Å². The van der Waals surface area contributed by atoms with Crippen LogP contribution in [0.2, 0.25) is 0 Å². The molecule has 106 valence electrons. The molecule has 4 N–H and O–H groups in total. The van der Waals surface area contributed by atoms with Gasteiger partial charge < -0.3 is 16.4 Å². The van der Waals surface area contributed by atoms with Crippen LogP contribution < -0.4 is 16.4 Å². The molecule has 1 aliphatic carbocycles. The molecule has 0 atom stereocenters. The highest BCUT2D eigenvalue weighted by molar-refractivity contribution is 6.03. The van der Waals surface area contributed by atoms with Crippen molar-refractivity contribution in [2.75, 3.05) is 4.90 Å². The van der Waals surface area contributed by atoms with Gasteiger partial charge in [-0.2, -0.15) is 0 Å². The van der Waals surface area contributed by atoms with E-state index in [9.17, 15) is 9.59 Å². The van der Waals surface area contributed by atoms with Crippen LogP contribution in [0.5, 0.6) is 0 Å². The summed E-state index contributed by atoms with van der Waals surface area (Å²) in [6, 6.07) is 5.78. The lowest BCUT2D eigenvalue weighted by atomic mass is 9.90. The Bertz CT molecular complexity index is 562. The molecule has 1 fully saturated rings. The second-order valence-corrected chi connectivity index (χ2v) is 5.72. The molecule has 0 bridgehead atoms. The van der Waals surface area contributed by atoms with Gasteiger partial charge in [-0.1, -0.05) is 0 Å². The molecule has 5 nitrogen and oxygen atoms in total. The molecule has 20 heavy (non-hydrogen) atoms. The van der Waals surface area contributed by atoms with E-state index in [1.807, 2.05) is 11.0 Å². The number of hydrogen-bond acceptors (Lipinski definition) is 3. The SMILES string of the molecule is NC(=O)c1ccc2c(c1)CC(=O)N2C1CCC(N)CC1. The maximum absolute atomic E-state index is 12.3. The van der Waals surface area contributed by atoms with Crippen molar-refractivity contribution in [3.8, 4) is 0 Å². The summed E-state index contributed by atoms with van der Waals surface area (Å²) in [6.07, 6.45) is 4.18. The molecule has 0 radical (unpaired) electrons. The van der Waals surface area contributed by atoms with Crippen LogP contribution in [0.3, 0.4) is 0 Å². The second kappa shape index (κ2) is 4.90. The number of carbonyl (C=O) groups is 2. The van der Waals surface area contributed by atoms with Crippen molar-refractivity contribution in [1.82, 2.24) is 0 Å². The maximum atomic E-state index is 12.3. The Labute approximate surface area is 117 Å². The van der Waals surface area contributed by atoms with Gasteiger partial charge >= 0.3 is 0 Å². The van der Waals surface area contributed by atoms with E-state index >= 15 is 0 Å². The van der Waals surface area contributed by atoms with Gasteiger partial charge in [0.25, 0.3) is 0 Å². The average molecular weight is 273 g/mol. The molecule has 0 spiro atoms. The van der Waals surface area contributed by atoms with Gasteiger partial charge in [-0.25, -0.2) is 0 Å². The highest BCUT2D eigenvalue weighted by Crippen LogP contribution is 2.35. The first kappa shape index (κ1) is 13.1. The molecule has 5 heteroatoms. The molecule has 0 saturated heterocycles. The van der Waals surface area contributed by atoms with E-state index in [4.69, 9.17) is 11.5 Å². The predicted molar refractivity (Wildman–Crippen MR) is 76.4 cm³/mol.